The summed E-state index contributed by atoms with van der Waals surface area (Å²) in [5, 5.41) is 2.93. The number of sulfonamides is 1. The van der Waals surface area contributed by atoms with E-state index in [4.69, 9.17) is 4.74 Å². The van der Waals surface area contributed by atoms with Gasteiger partial charge in [0.15, 0.2) is 0 Å². The summed E-state index contributed by atoms with van der Waals surface area (Å²) >= 11 is 0. The lowest BCUT2D eigenvalue weighted by Crippen LogP contribution is -2.32. The van der Waals surface area contributed by atoms with Gasteiger partial charge in [0, 0.05) is 25.2 Å². The third kappa shape index (κ3) is 6.08. The van der Waals surface area contributed by atoms with Gasteiger partial charge in [0.05, 0.1) is 12.0 Å². The lowest BCUT2D eigenvalue weighted by Gasteiger charge is -2.20. The molecule has 0 saturated carbocycles. The summed E-state index contributed by atoms with van der Waals surface area (Å²) < 4.78 is 33.0. The Kier molecular flexibility index (Phi) is 8.09. The van der Waals surface area contributed by atoms with Gasteiger partial charge in [-0.25, -0.2) is 8.42 Å². The number of rotatable bonds is 8. The van der Waals surface area contributed by atoms with Crippen LogP contribution in [0.5, 0.6) is 5.75 Å². The van der Waals surface area contributed by atoms with Gasteiger partial charge in [-0.2, -0.15) is 4.31 Å². The number of methoxy groups -OCH3 is 1. The van der Waals surface area contributed by atoms with Gasteiger partial charge in [-0.3, -0.25) is 4.79 Å². The van der Waals surface area contributed by atoms with Crippen LogP contribution in [-0.4, -0.2) is 45.4 Å². The Morgan fingerprint density at radius 3 is 2.52 bits per heavy atom. The number of nitrogens with zero attached hydrogens (tertiary/aromatic N) is 1. The monoisotopic (exact) mass is 444 g/mol. The molecule has 1 aliphatic heterocycles. The molecule has 1 amide bonds. The molecule has 31 heavy (non-hydrogen) atoms. The number of ether oxygens (including phenoxy) is 1. The Labute approximate surface area is 185 Å². The molecule has 2 aromatic rings. The highest BCUT2D eigenvalue weighted by atomic mass is 32.2. The van der Waals surface area contributed by atoms with E-state index in [1.54, 1.807) is 23.5 Å². The van der Waals surface area contributed by atoms with Gasteiger partial charge in [0.25, 0.3) is 5.91 Å². The zero-order chi connectivity index (χ0) is 22.3. The molecular formula is C24H32N2O4S. The van der Waals surface area contributed by atoms with Gasteiger partial charge >= 0.3 is 0 Å². The average molecular weight is 445 g/mol. The molecule has 0 spiro atoms. The van der Waals surface area contributed by atoms with Crippen molar-refractivity contribution in [3.63, 3.8) is 0 Å². The van der Waals surface area contributed by atoms with Crippen molar-refractivity contribution < 1.29 is 17.9 Å². The van der Waals surface area contributed by atoms with Crippen molar-refractivity contribution in [1.29, 1.82) is 0 Å². The van der Waals surface area contributed by atoms with Crippen LogP contribution in [0, 0.1) is 6.92 Å². The second-order valence-electron chi connectivity index (χ2n) is 8.01. The molecule has 0 radical (unpaired) electrons. The fraction of sp³-hybridized carbons (Fsp3) is 0.458. The fourth-order valence-corrected chi connectivity index (χ4v) is 5.40. The number of hydrogen-bond acceptors (Lipinski definition) is 4. The van der Waals surface area contributed by atoms with E-state index in [2.05, 4.69) is 5.32 Å². The van der Waals surface area contributed by atoms with Crippen LogP contribution in [0.3, 0.4) is 0 Å². The SMILES string of the molecule is COc1cccc(CCCNC(=O)c2cc(S(=O)(=O)N3CCCCCC3)ccc2C)c1. The maximum absolute atomic E-state index is 13.1. The zero-order valence-corrected chi connectivity index (χ0v) is 19.2. The minimum atomic E-state index is -3.58. The van der Waals surface area contributed by atoms with Crippen molar-refractivity contribution in [1.82, 2.24) is 9.62 Å². The molecule has 1 aliphatic rings. The van der Waals surface area contributed by atoms with Crippen LogP contribution >= 0.6 is 0 Å². The molecule has 7 heteroatoms. The number of benzene rings is 2. The predicted octanol–water partition coefficient (Wildman–Crippen LogP) is 3.93. The van der Waals surface area contributed by atoms with Crippen molar-refractivity contribution in [2.75, 3.05) is 26.7 Å². The standard InChI is InChI=1S/C24H32N2O4S/c1-19-12-13-22(31(28,29)26-15-5-3-4-6-16-26)18-23(19)24(27)25-14-8-10-20-9-7-11-21(17-20)30-2/h7,9,11-13,17-18H,3-6,8,10,14-16H2,1-2H3,(H,25,27). The van der Waals surface area contributed by atoms with Gasteiger partial charge in [0.2, 0.25) is 10.0 Å². The van der Waals surface area contributed by atoms with Gasteiger partial charge in [-0.15, -0.1) is 0 Å². The van der Waals surface area contributed by atoms with Crippen LogP contribution in [0.2, 0.25) is 0 Å². The molecule has 1 heterocycles. The van der Waals surface area contributed by atoms with Crippen molar-refractivity contribution in [2.45, 2.75) is 50.3 Å². The van der Waals surface area contributed by atoms with Crippen LogP contribution < -0.4 is 10.1 Å². The molecule has 6 nitrogen and oxygen atoms in total. The molecule has 2 aromatic carbocycles. The summed E-state index contributed by atoms with van der Waals surface area (Å²) in [7, 11) is -1.94. The smallest absolute Gasteiger partial charge is 0.251 e. The Morgan fingerprint density at radius 2 is 1.81 bits per heavy atom. The van der Waals surface area contributed by atoms with Gasteiger partial charge in [0.1, 0.15) is 5.75 Å². The largest absolute Gasteiger partial charge is 0.497 e. The van der Waals surface area contributed by atoms with E-state index in [-0.39, 0.29) is 10.8 Å². The predicted molar refractivity (Wildman–Crippen MR) is 122 cm³/mol. The molecule has 3 rings (SSSR count). The van der Waals surface area contributed by atoms with Crippen LogP contribution in [0.25, 0.3) is 0 Å². The van der Waals surface area contributed by atoms with Crippen LogP contribution in [0.4, 0.5) is 0 Å². The van der Waals surface area contributed by atoms with E-state index in [0.717, 1.165) is 55.4 Å². The van der Waals surface area contributed by atoms with E-state index in [0.29, 0.717) is 25.2 Å². The summed E-state index contributed by atoms with van der Waals surface area (Å²) in [6.07, 6.45) is 5.48. The molecule has 0 bridgehead atoms. The summed E-state index contributed by atoms with van der Waals surface area (Å²) in [6, 6.07) is 12.7. The number of carbonyl (C=O) groups is 1. The van der Waals surface area contributed by atoms with Crippen LogP contribution in [0.1, 0.15) is 53.6 Å². The molecule has 1 saturated heterocycles. The van der Waals surface area contributed by atoms with Gasteiger partial charge in [-0.05, 0) is 68.0 Å². The number of hydrogen-bond donors (Lipinski definition) is 1. The first-order valence-corrected chi connectivity index (χ1v) is 12.4. The quantitative estimate of drug-likeness (QED) is 0.626. The number of carbonyl (C=O) groups excluding carboxylic acids is 1. The molecule has 168 valence electrons. The Morgan fingerprint density at radius 1 is 1.06 bits per heavy atom. The van der Waals surface area contributed by atoms with Crippen molar-refractivity contribution >= 4 is 15.9 Å². The fourth-order valence-electron chi connectivity index (χ4n) is 3.85. The Balaban J connectivity index is 1.63. The van der Waals surface area contributed by atoms with E-state index in [1.165, 1.54) is 6.07 Å². The van der Waals surface area contributed by atoms with E-state index in [9.17, 15) is 13.2 Å². The third-order valence-electron chi connectivity index (χ3n) is 5.72. The molecule has 0 unspecified atom stereocenters. The van der Waals surface area contributed by atoms with Crippen molar-refractivity contribution in [3.8, 4) is 5.75 Å². The first-order chi connectivity index (χ1) is 14.9. The molecule has 1 N–H and O–H groups in total. The molecule has 0 aliphatic carbocycles. The summed E-state index contributed by atoms with van der Waals surface area (Å²) in [6.45, 7) is 3.43. The minimum Gasteiger partial charge on any atom is -0.497 e. The highest BCUT2D eigenvalue weighted by molar-refractivity contribution is 7.89. The highest BCUT2D eigenvalue weighted by Crippen LogP contribution is 2.23. The van der Waals surface area contributed by atoms with Crippen molar-refractivity contribution in [2.24, 2.45) is 0 Å². The first kappa shape index (κ1) is 23.3. The minimum absolute atomic E-state index is 0.196. The van der Waals surface area contributed by atoms with Crippen LogP contribution in [-0.2, 0) is 16.4 Å². The number of aryl methyl sites for hydroxylation is 2. The van der Waals surface area contributed by atoms with Crippen LogP contribution in [0.15, 0.2) is 47.4 Å². The maximum atomic E-state index is 13.1. The van der Waals surface area contributed by atoms with Gasteiger partial charge in [-0.1, -0.05) is 31.0 Å². The summed E-state index contributed by atoms with van der Waals surface area (Å²) in [5.41, 5.74) is 2.33. The van der Waals surface area contributed by atoms with Gasteiger partial charge < -0.3 is 10.1 Å². The lowest BCUT2D eigenvalue weighted by atomic mass is 10.1. The highest BCUT2D eigenvalue weighted by Gasteiger charge is 2.26. The topological polar surface area (TPSA) is 75.7 Å². The Bertz CT molecular complexity index is 996. The molecule has 0 aromatic heterocycles. The zero-order valence-electron chi connectivity index (χ0n) is 18.4. The number of nitrogens with one attached hydrogen (secondary N) is 1. The maximum Gasteiger partial charge on any atom is 0.251 e. The van der Waals surface area contributed by atoms with E-state index < -0.39 is 10.0 Å². The molecule has 0 atom stereocenters. The second kappa shape index (κ2) is 10.8. The number of amides is 1. The first-order valence-electron chi connectivity index (χ1n) is 10.9. The van der Waals surface area contributed by atoms with Crippen molar-refractivity contribution in [3.05, 3.63) is 59.2 Å². The van der Waals surface area contributed by atoms with E-state index >= 15 is 0 Å². The molecular weight excluding hydrogens is 412 g/mol. The second-order valence-corrected chi connectivity index (χ2v) is 9.94. The van der Waals surface area contributed by atoms with E-state index in [1.807, 2.05) is 31.2 Å². The Hall–Kier alpha value is -2.38. The average Bonchev–Trinajstić information content (AvgIpc) is 3.07. The summed E-state index contributed by atoms with van der Waals surface area (Å²) in [5.74, 6) is 0.579. The third-order valence-corrected chi connectivity index (χ3v) is 7.61. The summed E-state index contributed by atoms with van der Waals surface area (Å²) in [4.78, 5) is 12.9. The normalized spacial score (nSPS) is 15.3. The molecule has 1 fully saturated rings. The lowest BCUT2D eigenvalue weighted by molar-refractivity contribution is 0.0952.